The van der Waals surface area contributed by atoms with Crippen molar-refractivity contribution in [2.75, 3.05) is 13.1 Å². The van der Waals surface area contributed by atoms with Gasteiger partial charge in [0.2, 0.25) is 0 Å². The lowest BCUT2D eigenvalue weighted by atomic mass is 10.0. The van der Waals surface area contributed by atoms with Crippen LogP contribution in [0, 0.1) is 5.92 Å². The predicted octanol–water partition coefficient (Wildman–Crippen LogP) is 4.08. The first-order chi connectivity index (χ1) is 13.7. The first-order valence-electron chi connectivity index (χ1n) is 10.3. The molecule has 0 radical (unpaired) electrons. The third kappa shape index (κ3) is 3.66. The van der Waals surface area contributed by atoms with Gasteiger partial charge in [-0.2, -0.15) is 0 Å². The Kier molecular flexibility index (Phi) is 4.83. The molecule has 2 heterocycles. The summed E-state index contributed by atoms with van der Waals surface area (Å²) in [5.41, 5.74) is 11.3. The maximum Gasteiger partial charge on any atom is 0.132 e. The fraction of sp³-hybridized carbons (Fsp3) is 0.455. The number of aromatic nitrogens is 3. The first kappa shape index (κ1) is 18.1. The molecule has 1 aromatic heterocycles. The minimum Gasteiger partial charge on any atom is -0.328 e. The highest BCUT2D eigenvalue weighted by Crippen LogP contribution is 2.35. The van der Waals surface area contributed by atoms with E-state index >= 15 is 0 Å². The summed E-state index contributed by atoms with van der Waals surface area (Å²) in [5, 5.41) is 9.37. The van der Waals surface area contributed by atoms with Gasteiger partial charge in [0.05, 0.1) is 10.5 Å². The van der Waals surface area contributed by atoms with Crippen molar-refractivity contribution in [2.45, 2.75) is 44.8 Å². The standard InChI is InChI=1S/C22H26ClN5/c23-21-19(7-8-20-22(21)25-26-28(20)14-16-1-2-16)17-5-3-15(4-6-17)13-27-11-9-18(24)10-12-27/h3-8,16,18H,1-2,9-14,24H2. The topological polar surface area (TPSA) is 60.0 Å². The Hall–Kier alpha value is -1.95. The van der Waals surface area contributed by atoms with E-state index in [0.29, 0.717) is 11.1 Å². The molecule has 2 N–H and O–H groups in total. The summed E-state index contributed by atoms with van der Waals surface area (Å²) in [5.74, 6) is 0.756. The first-order valence-corrected chi connectivity index (χ1v) is 10.6. The fourth-order valence-corrected chi connectivity index (χ4v) is 4.37. The number of rotatable bonds is 5. The van der Waals surface area contributed by atoms with E-state index in [-0.39, 0.29) is 0 Å². The number of nitrogens with two attached hydrogens (primary N) is 1. The van der Waals surface area contributed by atoms with Gasteiger partial charge >= 0.3 is 0 Å². The number of fused-ring (bicyclic) bond motifs is 1. The minimum atomic E-state index is 0.373. The Labute approximate surface area is 170 Å². The third-order valence-electron chi connectivity index (χ3n) is 6.06. The van der Waals surface area contributed by atoms with Crippen molar-refractivity contribution in [3.8, 4) is 11.1 Å². The second-order valence-corrected chi connectivity index (χ2v) is 8.70. The van der Waals surface area contributed by atoms with Gasteiger partial charge in [-0.25, -0.2) is 4.68 Å². The second kappa shape index (κ2) is 7.47. The van der Waals surface area contributed by atoms with Gasteiger partial charge < -0.3 is 5.73 Å². The van der Waals surface area contributed by atoms with Crippen LogP contribution >= 0.6 is 11.6 Å². The lowest BCUT2D eigenvalue weighted by Crippen LogP contribution is -2.39. The quantitative estimate of drug-likeness (QED) is 0.707. The zero-order valence-corrected chi connectivity index (χ0v) is 16.8. The molecule has 1 aliphatic carbocycles. The van der Waals surface area contributed by atoms with Crippen molar-refractivity contribution in [3.05, 3.63) is 47.0 Å². The molecule has 1 saturated heterocycles. The van der Waals surface area contributed by atoms with E-state index in [1.54, 1.807) is 0 Å². The van der Waals surface area contributed by atoms with Crippen molar-refractivity contribution in [3.63, 3.8) is 0 Å². The Morgan fingerprint density at radius 3 is 2.46 bits per heavy atom. The average molecular weight is 396 g/mol. The highest BCUT2D eigenvalue weighted by molar-refractivity contribution is 6.37. The molecule has 5 nitrogen and oxygen atoms in total. The number of hydrogen-bond acceptors (Lipinski definition) is 4. The molecule has 0 spiro atoms. The molecule has 2 aromatic carbocycles. The minimum absolute atomic E-state index is 0.373. The SMILES string of the molecule is NC1CCN(Cc2ccc(-c3ccc4c(nnn4CC4CC4)c3Cl)cc2)CC1. The average Bonchev–Trinajstić information content (AvgIpc) is 3.43. The number of piperidine rings is 1. The number of hydrogen-bond donors (Lipinski definition) is 1. The van der Waals surface area contributed by atoms with Crippen LogP contribution in [0.25, 0.3) is 22.2 Å². The highest BCUT2D eigenvalue weighted by Gasteiger charge is 2.24. The van der Waals surface area contributed by atoms with E-state index in [4.69, 9.17) is 17.3 Å². The van der Waals surface area contributed by atoms with E-state index in [2.05, 4.69) is 51.6 Å². The lowest BCUT2D eigenvalue weighted by molar-refractivity contribution is 0.205. The van der Waals surface area contributed by atoms with Crippen molar-refractivity contribution < 1.29 is 0 Å². The zero-order chi connectivity index (χ0) is 19.1. The molecule has 0 amide bonds. The molecule has 2 fully saturated rings. The second-order valence-electron chi connectivity index (χ2n) is 8.32. The molecule has 1 aliphatic heterocycles. The monoisotopic (exact) mass is 395 g/mol. The predicted molar refractivity (Wildman–Crippen MR) is 113 cm³/mol. The number of benzene rings is 2. The Bertz CT molecular complexity index is 969. The zero-order valence-electron chi connectivity index (χ0n) is 16.0. The van der Waals surface area contributed by atoms with E-state index in [9.17, 15) is 0 Å². The van der Waals surface area contributed by atoms with E-state index in [1.165, 1.54) is 18.4 Å². The summed E-state index contributed by atoms with van der Waals surface area (Å²) in [7, 11) is 0. The molecule has 6 heteroatoms. The van der Waals surface area contributed by atoms with Gasteiger partial charge in [0.25, 0.3) is 0 Å². The summed E-state index contributed by atoms with van der Waals surface area (Å²) in [4.78, 5) is 2.48. The van der Waals surface area contributed by atoms with Gasteiger partial charge in [0, 0.05) is 24.7 Å². The van der Waals surface area contributed by atoms with Gasteiger partial charge in [-0.1, -0.05) is 47.1 Å². The molecule has 2 aliphatic rings. The Morgan fingerprint density at radius 2 is 1.75 bits per heavy atom. The molecule has 0 atom stereocenters. The summed E-state index contributed by atoms with van der Waals surface area (Å²) < 4.78 is 2.00. The van der Waals surface area contributed by atoms with Crippen LogP contribution in [0.5, 0.6) is 0 Å². The molecular weight excluding hydrogens is 370 g/mol. The van der Waals surface area contributed by atoms with Gasteiger partial charge in [0.1, 0.15) is 5.52 Å². The molecule has 146 valence electrons. The van der Waals surface area contributed by atoms with Crippen LogP contribution < -0.4 is 5.73 Å². The third-order valence-corrected chi connectivity index (χ3v) is 6.44. The largest absolute Gasteiger partial charge is 0.328 e. The molecule has 0 bridgehead atoms. The highest BCUT2D eigenvalue weighted by atomic mass is 35.5. The van der Waals surface area contributed by atoms with Crippen molar-refractivity contribution in [1.29, 1.82) is 0 Å². The van der Waals surface area contributed by atoms with Crippen molar-refractivity contribution in [1.82, 2.24) is 19.9 Å². The summed E-state index contributed by atoms with van der Waals surface area (Å²) >= 11 is 6.71. The maximum absolute atomic E-state index is 6.71. The van der Waals surface area contributed by atoms with Crippen molar-refractivity contribution >= 4 is 22.6 Å². The number of nitrogens with zero attached hydrogens (tertiary/aromatic N) is 4. The molecular formula is C22H26ClN5. The van der Waals surface area contributed by atoms with Crippen LogP contribution in [0.3, 0.4) is 0 Å². The fourth-order valence-electron chi connectivity index (χ4n) is 4.07. The van der Waals surface area contributed by atoms with Crippen LogP contribution in [0.1, 0.15) is 31.2 Å². The smallest absolute Gasteiger partial charge is 0.132 e. The van der Waals surface area contributed by atoms with Gasteiger partial charge in [-0.15, -0.1) is 5.10 Å². The van der Waals surface area contributed by atoms with Crippen LogP contribution in [0.2, 0.25) is 5.02 Å². The van der Waals surface area contributed by atoms with E-state index in [0.717, 1.165) is 67.1 Å². The van der Waals surface area contributed by atoms with E-state index < -0.39 is 0 Å². The van der Waals surface area contributed by atoms with Crippen LogP contribution in [-0.4, -0.2) is 39.0 Å². The van der Waals surface area contributed by atoms with Gasteiger partial charge in [-0.3, -0.25) is 4.90 Å². The van der Waals surface area contributed by atoms with E-state index in [1.807, 2.05) is 4.68 Å². The molecule has 5 rings (SSSR count). The Morgan fingerprint density at radius 1 is 1.00 bits per heavy atom. The summed E-state index contributed by atoms with van der Waals surface area (Å²) in [6.07, 6.45) is 4.78. The molecule has 28 heavy (non-hydrogen) atoms. The number of likely N-dealkylation sites (tertiary alicyclic amines) is 1. The maximum atomic E-state index is 6.71. The van der Waals surface area contributed by atoms with Crippen molar-refractivity contribution in [2.24, 2.45) is 11.7 Å². The Balaban J connectivity index is 1.35. The van der Waals surface area contributed by atoms with Crippen LogP contribution in [-0.2, 0) is 13.1 Å². The lowest BCUT2D eigenvalue weighted by Gasteiger charge is -2.30. The number of halogens is 1. The summed E-state index contributed by atoms with van der Waals surface area (Å²) in [6.45, 7) is 4.10. The summed E-state index contributed by atoms with van der Waals surface area (Å²) in [6, 6.07) is 13.3. The van der Waals surface area contributed by atoms with Crippen LogP contribution in [0.4, 0.5) is 0 Å². The molecule has 1 saturated carbocycles. The van der Waals surface area contributed by atoms with Gasteiger partial charge in [-0.05, 0) is 61.9 Å². The molecule has 3 aromatic rings. The van der Waals surface area contributed by atoms with Gasteiger partial charge in [0.15, 0.2) is 0 Å². The molecule has 0 unspecified atom stereocenters. The normalized spacial score (nSPS) is 18.8. The van der Waals surface area contributed by atoms with Crippen LogP contribution in [0.15, 0.2) is 36.4 Å².